The first kappa shape index (κ1) is 15.8. The van der Waals surface area contributed by atoms with E-state index in [0.29, 0.717) is 6.54 Å². The lowest BCUT2D eigenvalue weighted by molar-refractivity contribution is -0.128. The molecule has 2 rings (SSSR count). The van der Waals surface area contributed by atoms with Crippen molar-refractivity contribution in [3.8, 4) is 5.75 Å². The highest BCUT2D eigenvalue weighted by Crippen LogP contribution is 2.36. The molecule has 2 N–H and O–H groups in total. The lowest BCUT2D eigenvalue weighted by atomic mass is 9.79. The molecule has 0 aliphatic heterocycles. The van der Waals surface area contributed by atoms with E-state index >= 15 is 0 Å². The van der Waals surface area contributed by atoms with Gasteiger partial charge in [0.2, 0.25) is 5.91 Å². The Morgan fingerprint density at radius 1 is 1.19 bits per heavy atom. The summed E-state index contributed by atoms with van der Waals surface area (Å²) in [5, 5.41) is 0. The monoisotopic (exact) mass is 290 g/mol. The van der Waals surface area contributed by atoms with Crippen LogP contribution in [0.2, 0.25) is 0 Å². The normalized spacial score (nSPS) is 17.9. The molecule has 0 spiro atoms. The second-order valence-corrected chi connectivity index (χ2v) is 5.96. The average Bonchev–Trinajstić information content (AvgIpc) is 2.80. The molecule has 4 nitrogen and oxygen atoms in total. The van der Waals surface area contributed by atoms with Gasteiger partial charge in [-0.15, -0.1) is 0 Å². The van der Waals surface area contributed by atoms with Gasteiger partial charge in [0.05, 0.1) is 12.5 Å². The Morgan fingerprint density at radius 2 is 1.76 bits per heavy atom. The number of anilines is 1. The van der Waals surface area contributed by atoms with Gasteiger partial charge in [-0.05, 0) is 37.1 Å². The zero-order valence-electron chi connectivity index (χ0n) is 13.1. The van der Waals surface area contributed by atoms with Crippen molar-refractivity contribution in [1.29, 1.82) is 0 Å². The van der Waals surface area contributed by atoms with Crippen LogP contribution in [-0.2, 0) is 4.79 Å². The van der Waals surface area contributed by atoms with Crippen LogP contribution in [0.3, 0.4) is 0 Å². The molecule has 0 saturated heterocycles. The van der Waals surface area contributed by atoms with E-state index in [0.717, 1.165) is 37.1 Å². The molecule has 0 aromatic heterocycles. The Morgan fingerprint density at radius 3 is 2.24 bits per heavy atom. The number of benzene rings is 1. The molecule has 0 radical (unpaired) electrons. The van der Waals surface area contributed by atoms with Gasteiger partial charge in [-0.25, -0.2) is 0 Å². The number of nitrogens with two attached hydrogens (primary N) is 1. The molecule has 0 atom stereocenters. The third-order valence-corrected chi connectivity index (χ3v) is 4.67. The van der Waals surface area contributed by atoms with E-state index in [-0.39, 0.29) is 11.3 Å². The van der Waals surface area contributed by atoms with E-state index in [1.165, 1.54) is 12.8 Å². The topological polar surface area (TPSA) is 55.6 Å². The van der Waals surface area contributed by atoms with E-state index < -0.39 is 0 Å². The van der Waals surface area contributed by atoms with Crippen molar-refractivity contribution in [2.24, 2.45) is 11.1 Å². The molecule has 1 fully saturated rings. The van der Waals surface area contributed by atoms with Crippen molar-refractivity contribution in [1.82, 2.24) is 0 Å². The van der Waals surface area contributed by atoms with Crippen LogP contribution in [0.15, 0.2) is 24.3 Å². The summed E-state index contributed by atoms with van der Waals surface area (Å²) in [7, 11) is 3.48. The molecule has 4 heteroatoms. The first-order valence-corrected chi connectivity index (χ1v) is 7.75. The van der Waals surface area contributed by atoms with Gasteiger partial charge in [0.25, 0.3) is 0 Å². The van der Waals surface area contributed by atoms with Crippen molar-refractivity contribution < 1.29 is 9.53 Å². The second-order valence-electron chi connectivity index (χ2n) is 5.96. The fraction of sp³-hybridized carbons (Fsp3) is 0.588. The van der Waals surface area contributed by atoms with Gasteiger partial charge in [0.15, 0.2) is 0 Å². The third kappa shape index (κ3) is 3.38. The molecule has 21 heavy (non-hydrogen) atoms. The first-order valence-electron chi connectivity index (χ1n) is 7.75. The number of amides is 1. The van der Waals surface area contributed by atoms with E-state index in [2.05, 4.69) is 0 Å². The minimum Gasteiger partial charge on any atom is -0.497 e. The lowest BCUT2D eigenvalue weighted by Gasteiger charge is -2.34. The Balaban J connectivity index is 2.18. The summed E-state index contributed by atoms with van der Waals surface area (Å²) in [6.07, 6.45) is 6.42. The van der Waals surface area contributed by atoms with Gasteiger partial charge in [-0.1, -0.05) is 25.7 Å². The lowest BCUT2D eigenvalue weighted by Crippen LogP contribution is -2.46. The molecule has 0 unspecified atom stereocenters. The number of carbonyl (C=O) groups excluding carboxylic acids is 1. The maximum absolute atomic E-state index is 13.0. The standard InChI is InChI=1S/C17H26N2O2/c1-19(14-7-9-15(21-2)10-8-14)16(20)17(13-18)11-5-3-4-6-12-17/h7-10H,3-6,11-13,18H2,1-2H3. The molecule has 1 aliphatic rings. The van der Waals surface area contributed by atoms with Gasteiger partial charge >= 0.3 is 0 Å². The molecule has 1 aromatic carbocycles. The fourth-order valence-corrected chi connectivity index (χ4v) is 3.19. The molecule has 1 saturated carbocycles. The summed E-state index contributed by atoms with van der Waals surface area (Å²) in [5.74, 6) is 0.944. The highest BCUT2D eigenvalue weighted by atomic mass is 16.5. The molecule has 116 valence electrons. The Hall–Kier alpha value is -1.55. The number of methoxy groups -OCH3 is 1. The molecular weight excluding hydrogens is 264 g/mol. The van der Waals surface area contributed by atoms with E-state index in [1.54, 1.807) is 12.0 Å². The molecule has 1 aromatic rings. The molecule has 1 aliphatic carbocycles. The Kier molecular flexibility index (Phi) is 5.23. The van der Waals surface area contributed by atoms with Crippen LogP contribution < -0.4 is 15.4 Å². The van der Waals surface area contributed by atoms with Gasteiger partial charge in [0, 0.05) is 19.3 Å². The van der Waals surface area contributed by atoms with Crippen molar-refractivity contribution in [2.45, 2.75) is 38.5 Å². The molecular formula is C17H26N2O2. The number of hydrogen-bond donors (Lipinski definition) is 1. The summed E-state index contributed by atoms with van der Waals surface area (Å²) in [4.78, 5) is 14.7. The van der Waals surface area contributed by atoms with Crippen molar-refractivity contribution >= 4 is 11.6 Å². The van der Waals surface area contributed by atoms with Crippen molar-refractivity contribution in [3.05, 3.63) is 24.3 Å². The number of rotatable bonds is 4. The number of carbonyl (C=O) groups is 1. The number of nitrogens with zero attached hydrogens (tertiary/aromatic N) is 1. The van der Waals surface area contributed by atoms with Crippen molar-refractivity contribution in [2.75, 3.05) is 25.6 Å². The minimum absolute atomic E-state index is 0.150. The number of ether oxygens (including phenoxy) is 1. The summed E-state index contributed by atoms with van der Waals surface area (Å²) in [6, 6.07) is 7.58. The third-order valence-electron chi connectivity index (χ3n) is 4.67. The smallest absolute Gasteiger partial charge is 0.234 e. The van der Waals surface area contributed by atoms with Gasteiger partial charge in [-0.2, -0.15) is 0 Å². The van der Waals surface area contributed by atoms with Gasteiger partial charge < -0.3 is 15.4 Å². The van der Waals surface area contributed by atoms with Crippen LogP contribution in [0, 0.1) is 5.41 Å². The quantitative estimate of drug-likeness (QED) is 0.867. The number of hydrogen-bond acceptors (Lipinski definition) is 3. The maximum Gasteiger partial charge on any atom is 0.234 e. The SMILES string of the molecule is COc1ccc(N(C)C(=O)C2(CN)CCCCCC2)cc1. The second kappa shape index (κ2) is 6.94. The average molecular weight is 290 g/mol. The molecule has 0 heterocycles. The highest BCUT2D eigenvalue weighted by Gasteiger charge is 2.39. The zero-order valence-corrected chi connectivity index (χ0v) is 13.1. The van der Waals surface area contributed by atoms with Crippen LogP contribution >= 0.6 is 0 Å². The first-order chi connectivity index (χ1) is 10.1. The Labute approximate surface area is 127 Å². The van der Waals surface area contributed by atoms with Gasteiger partial charge in [-0.3, -0.25) is 4.79 Å². The fourth-order valence-electron chi connectivity index (χ4n) is 3.19. The van der Waals surface area contributed by atoms with Gasteiger partial charge in [0.1, 0.15) is 5.75 Å². The van der Waals surface area contributed by atoms with Crippen LogP contribution in [0.5, 0.6) is 5.75 Å². The van der Waals surface area contributed by atoms with E-state index in [4.69, 9.17) is 10.5 Å². The van der Waals surface area contributed by atoms with Crippen LogP contribution in [0.4, 0.5) is 5.69 Å². The van der Waals surface area contributed by atoms with E-state index in [1.807, 2.05) is 31.3 Å². The summed E-state index contributed by atoms with van der Waals surface area (Å²) in [5.41, 5.74) is 6.51. The van der Waals surface area contributed by atoms with Crippen LogP contribution in [0.25, 0.3) is 0 Å². The summed E-state index contributed by atoms with van der Waals surface area (Å²) >= 11 is 0. The minimum atomic E-state index is -0.384. The van der Waals surface area contributed by atoms with Crippen LogP contribution in [-0.4, -0.2) is 26.6 Å². The van der Waals surface area contributed by atoms with E-state index in [9.17, 15) is 4.79 Å². The molecule has 0 bridgehead atoms. The maximum atomic E-state index is 13.0. The Bertz CT molecular complexity index is 462. The molecule has 1 amide bonds. The summed E-state index contributed by atoms with van der Waals surface area (Å²) in [6.45, 7) is 0.437. The van der Waals surface area contributed by atoms with Crippen LogP contribution in [0.1, 0.15) is 38.5 Å². The van der Waals surface area contributed by atoms with Crippen molar-refractivity contribution in [3.63, 3.8) is 0 Å². The predicted octanol–water partition coefficient (Wildman–Crippen LogP) is 2.96. The summed E-state index contributed by atoms with van der Waals surface area (Å²) < 4.78 is 5.16. The highest BCUT2D eigenvalue weighted by molar-refractivity contribution is 5.97. The largest absolute Gasteiger partial charge is 0.497 e. The zero-order chi connectivity index (χ0) is 15.3. The predicted molar refractivity (Wildman–Crippen MR) is 85.6 cm³/mol.